The van der Waals surface area contributed by atoms with E-state index in [1.54, 1.807) is 0 Å². The Labute approximate surface area is 156 Å². The molecule has 3 rings (SSSR count). The molecule has 0 saturated carbocycles. The number of aromatic nitrogens is 2. The van der Waals surface area contributed by atoms with Crippen LogP contribution in [-0.4, -0.2) is 27.7 Å². The number of carbonyl (C=O) groups excluding carboxylic acids is 1. The van der Waals surface area contributed by atoms with Crippen molar-refractivity contribution in [2.75, 3.05) is 11.4 Å². The van der Waals surface area contributed by atoms with Gasteiger partial charge in [-0.15, -0.1) is 19.6 Å². The zero-order chi connectivity index (χ0) is 21.7. The van der Waals surface area contributed by atoms with Crippen molar-refractivity contribution in [2.24, 2.45) is 0 Å². The highest BCUT2D eigenvalue weighted by atomic mass is 19.4. The van der Waals surface area contributed by atoms with Crippen molar-refractivity contribution in [1.29, 1.82) is 0 Å². The van der Waals surface area contributed by atoms with Crippen LogP contribution < -0.4 is 20.9 Å². The Morgan fingerprint density at radius 2 is 1.79 bits per heavy atom. The number of nitrogens with zero attached hydrogens (tertiary/aromatic N) is 3. The molecule has 1 aromatic heterocycles. The summed E-state index contributed by atoms with van der Waals surface area (Å²) >= 11 is 0. The van der Waals surface area contributed by atoms with Gasteiger partial charge in [0.2, 0.25) is 0 Å². The number of anilines is 1. The minimum atomic E-state index is -5.23. The van der Waals surface area contributed by atoms with Gasteiger partial charge in [-0.1, -0.05) is 5.92 Å². The minimum absolute atomic E-state index is 0.148. The van der Waals surface area contributed by atoms with Gasteiger partial charge in [0.25, 0.3) is 5.56 Å². The van der Waals surface area contributed by atoms with E-state index in [2.05, 4.69) is 4.74 Å². The maximum atomic E-state index is 14.5. The first-order valence-electron chi connectivity index (χ1n) is 7.46. The number of hydrogen-bond donors (Lipinski definition) is 0. The maximum absolute atomic E-state index is 14.5. The summed E-state index contributed by atoms with van der Waals surface area (Å²) in [6, 6.07) is 1.19. The molecule has 7 nitrogen and oxygen atoms in total. The predicted octanol–water partition coefficient (Wildman–Crippen LogP) is 1.57. The second-order valence-corrected chi connectivity index (χ2v) is 5.60. The molecular weight excluding hydrogens is 412 g/mol. The third kappa shape index (κ3) is 3.22. The van der Waals surface area contributed by atoms with E-state index in [9.17, 15) is 40.7 Å². The van der Waals surface area contributed by atoms with Crippen molar-refractivity contribution in [3.63, 3.8) is 0 Å². The summed E-state index contributed by atoms with van der Waals surface area (Å²) in [6.45, 7) is -0.730. The standard InChI is InChI=1S/C16H7F6N3O4/c1-2-4-23-10-7-9(8(17)6-11(10)29-15(18,19)13(23)27)25-12(26)3-5-24(14(25)28)16(20,21)22/h1,3,5-7H,4H2. The third-order valence-electron chi connectivity index (χ3n) is 3.80. The summed E-state index contributed by atoms with van der Waals surface area (Å²) in [4.78, 5) is 36.2. The Bertz CT molecular complexity index is 1180. The van der Waals surface area contributed by atoms with Crippen LogP contribution in [0.1, 0.15) is 0 Å². The first kappa shape index (κ1) is 20.1. The second kappa shape index (κ2) is 6.43. The van der Waals surface area contributed by atoms with Crippen LogP contribution in [0.4, 0.5) is 32.0 Å². The number of benzene rings is 1. The predicted molar refractivity (Wildman–Crippen MR) is 84.3 cm³/mol. The van der Waals surface area contributed by atoms with Gasteiger partial charge in [0, 0.05) is 18.3 Å². The van der Waals surface area contributed by atoms with E-state index in [-0.39, 0.29) is 10.8 Å². The lowest BCUT2D eigenvalue weighted by Crippen LogP contribution is -2.51. The first-order valence-corrected chi connectivity index (χ1v) is 7.46. The smallest absolute Gasteiger partial charge is 0.423 e. The van der Waals surface area contributed by atoms with E-state index in [4.69, 9.17) is 6.42 Å². The Morgan fingerprint density at radius 1 is 1.14 bits per heavy atom. The minimum Gasteiger partial charge on any atom is -0.423 e. The lowest BCUT2D eigenvalue weighted by molar-refractivity contribution is -0.207. The van der Waals surface area contributed by atoms with Crippen molar-refractivity contribution >= 4 is 11.6 Å². The van der Waals surface area contributed by atoms with Crippen molar-refractivity contribution < 1.29 is 35.9 Å². The number of fused-ring (bicyclic) bond motifs is 1. The zero-order valence-corrected chi connectivity index (χ0v) is 13.8. The Kier molecular flexibility index (Phi) is 4.45. The summed E-state index contributed by atoms with van der Waals surface area (Å²) in [5.41, 5.74) is -4.91. The molecule has 0 saturated heterocycles. The summed E-state index contributed by atoms with van der Waals surface area (Å²) < 4.78 is 83.8. The van der Waals surface area contributed by atoms with Crippen molar-refractivity contribution in [1.82, 2.24) is 9.13 Å². The molecule has 0 atom stereocenters. The number of carbonyl (C=O) groups is 1. The highest BCUT2D eigenvalue weighted by Gasteiger charge is 2.50. The molecule has 0 aliphatic carbocycles. The van der Waals surface area contributed by atoms with E-state index in [1.165, 1.54) is 0 Å². The molecule has 1 aromatic carbocycles. The van der Waals surface area contributed by atoms with E-state index < -0.39 is 63.6 Å². The van der Waals surface area contributed by atoms with Gasteiger partial charge in [0.1, 0.15) is 0 Å². The molecule has 29 heavy (non-hydrogen) atoms. The highest BCUT2D eigenvalue weighted by Crippen LogP contribution is 2.41. The van der Waals surface area contributed by atoms with Gasteiger partial charge in [-0.05, 0) is 6.07 Å². The Hall–Kier alpha value is -3.69. The highest BCUT2D eigenvalue weighted by molar-refractivity contribution is 6.01. The fourth-order valence-corrected chi connectivity index (χ4v) is 2.59. The fourth-order valence-electron chi connectivity index (χ4n) is 2.59. The van der Waals surface area contributed by atoms with Crippen LogP contribution in [0.5, 0.6) is 5.75 Å². The summed E-state index contributed by atoms with van der Waals surface area (Å²) in [6.07, 6.45) is -4.44. The van der Waals surface area contributed by atoms with E-state index in [0.29, 0.717) is 23.1 Å². The molecule has 0 fully saturated rings. The molecule has 152 valence electrons. The van der Waals surface area contributed by atoms with Gasteiger partial charge in [-0.25, -0.2) is 18.3 Å². The van der Waals surface area contributed by atoms with Crippen LogP contribution in [0.25, 0.3) is 5.69 Å². The molecule has 13 heteroatoms. The van der Waals surface area contributed by atoms with Crippen LogP contribution in [0.2, 0.25) is 0 Å². The maximum Gasteiger partial charge on any atom is 0.492 e. The summed E-state index contributed by atoms with van der Waals surface area (Å²) in [7, 11) is 0. The number of terminal acetylenes is 1. The number of ether oxygens (including phenoxy) is 1. The Balaban J connectivity index is 2.31. The van der Waals surface area contributed by atoms with Gasteiger partial charge in [-0.2, -0.15) is 8.78 Å². The largest absolute Gasteiger partial charge is 0.492 e. The van der Waals surface area contributed by atoms with Crippen molar-refractivity contribution in [3.05, 3.63) is 51.1 Å². The Morgan fingerprint density at radius 3 is 2.38 bits per heavy atom. The average Bonchev–Trinajstić information content (AvgIpc) is 2.58. The fraction of sp³-hybridized carbons (Fsp3) is 0.188. The monoisotopic (exact) mass is 419 g/mol. The summed E-state index contributed by atoms with van der Waals surface area (Å²) in [5.74, 6) is -2.41. The molecule has 0 radical (unpaired) electrons. The number of alkyl halides is 5. The van der Waals surface area contributed by atoms with Gasteiger partial charge >= 0.3 is 24.0 Å². The third-order valence-corrected chi connectivity index (χ3v) is 3.80. The van der Waals surface area contributed by atoms with Crippen LogP contribution >= 0.6 is 0 Å². The number of amides is 1. The SMILES string of the molecule is C#CCN1C(=O)C(F)(F)Oc2cc(F)c(-n3c(=O)ccn(C(F)(F)F)c3=O)cc21. The quantitative estimate of drug-likeness (QED) is 0.547. The first-order chi connectivity index (χ1) is 13.4. The molecule has 0 spiro atoms. The van der Waals surface area contributed by atoms with Crippen LogP contribution in [-0.2, 0) is 11.1 Å². The molecule has 0 unspecified atom stereocenters. The van der Waals surface area contributed by atoms with Crippen LogP contribution in [0.3, 0.4) is 0 Å². The second-order valence-electron chi connectivity index (χ2n) is 5.60. The number of rotatable bonds is 2. The van der Waals surface area contributed by atoms with E-state index in [1.807, 2.05) is 5.92 Å². The average molecular weight is 419 g/mol. The normalized spacial score (nSPS) is 15.5. The molecular formula is C16H7F6N3O4. The molecule has 2 heterocycles. The number of hydrogen-bond acceptors (Lipinski definition) is 4. The molecule has 0 bridgehead atoms. The van der Waals surface area contributed by atoms with E-state index in [0.717, 1.165) is 0 Å². The van der Waals surface area contributed by atoms with Gasteiger partial charge in [-0.3, -0.25) is 14.5 Å². The molecule has 0 N–H and O–H groups in total. The molecule has 1 amide bonds. The van der Waals surface area contributed by atoms with E-state index >= 15 is 0 Å². The molecule has 2 aromatic rings. The van der Waals surface area contributed by atoms with Crippen LogP contribution in [0, 0.1) is 18.2 Å². The molecule has 1 aliphatic heterocycles. The van der Waals surface area contributed by atoms with Crippen molar-refractivity contribution in [3.8, 4) is 23.8 Å². The lowest BCUT2D eigenvalue weighted by Gasteiger charge is -2.32. The zero-order valence-electron chi connectivity index (χ0n) is 13.8. The number of halogens is 6. The summed E-state index contributed by atoms with van der Waals surface area (Å²) in [5, 5.41) is 0. The van der Waals surface area contributed by atoms with Crippen molar-refractivity contribution in [2.45, 2.75) is 12.4 Å². The lowest BCUT2D eigenvalue weighted by atomic mass is 10.2. The van der Waals surface area contributed by atoms with Crippen LogP contribution in [0.15, 0.2) is 34.0 Å². The van der Waals surface area contributed by atoms with Gasteiger partial charge < -0.3 is 4.74 Å². The van der Waals surface area contributed by atoms with Gasteiger partial charge in [0.05, 0.1) is 17.9 Å². The van der Waals surface area contributed by atoms with Gasteiger partial charge in [0.15, 0.2) is 11.6 Å². The molecule has 1 aliphatic rings. The topological polar surface area (TPSA) is 73.5 Å².